The third kappa shape index (κ3) is 4.33. The van der Waals surface area contributed by atoms with Crippen molar-refractivity contribution in [2.24, 2.45) is 11.5 Å². The molecule has 1 amide bonds. The van der Waals surface area contributed by atoms with Crippen molar-refractivity contribution >= 4 is 23.2 Å². The number of pyridine rings is 1. The molecule has 1 aliphatic carbocycles. The van der Waals surface area contributed by atoms with Crippen LogP contribution in [0.4, 0.5) is 26.1 Å². The fraction of sp³-hybridized carbons (Fsp3) is 0.368. The van der Waals surface area contributed by atoms with Crippen LogP contribution in [-0.4, -0.2) is 23.0 Å². The van der Waals surface area contributed by atoms with Gasteiger partial charge < -0.3 is 22.1 Å². The maximum atomic E-state index is 14.5. The lowest BCUT2D eigenvalue weighted by Gasteiger charge is -2.30. The van der Waals surface area contributed by atoms with E-state index in [2.05, 4.69) is 15.6 Å². The number of hydrogen-bond acceptors (Lipinski definition) is 5. The van der Waals surface area contributed by atoms with Crippen LogP contribution in [0.25, 0.3) is 0 Å². The van der Waals surface area contributed by atoms with E-state index in [1.165, 1.54) is 6.07 Å². The molecule has 1 heterocycles. The van der Waals surface area contributed by atoms with Crippen molar-refractivity contribution in [1.29, 1.82) is 0 Å². The van der Waals surface area contributed by atoms with Crippen LogP contribution in [0.3, 0.4) is 0 Å². The minimum Gasteiger partial charge on any atom is -0.365 e. The molecule has 3 rings (SSSR count). The van der Waals surface area contributed by atoms with Crippen LogP contribution in [0.1, 0.15) is 41.6 Å². The lowest BCUT2D eigenvalue weighted by molar-refractivity contribution is 0.100. The van der Waals surface area contributed by atoms with Crippen LogP contribution in [0, 0.1) is 18.6 Å². The first-order valence-corrected chi connectivity index (χ1v) is 8.91. The van der Waals surface area contributed by atoms with Gasteiger partial charge in [0.15, 0.2) is 11.6 Å². The van der Waals surface area contributed by atoms with E-state index in [0.29, 0.717) is 11.3 Å². The van der Waals surface area contributed by atoms with Crippen LogP contribution < -0.4 is 22.1 Å². The molecule has 2 aromatic rings. The van der Waals surface area contributed by atoms with E-state index < -0.39 is 17.5 Å². The molecular formula is C19H23F2N5O. The number of hydrogen-bond donors (Lipinski definition) is 4. The highest BCUT2D eigenvalue weighted by Crippen LogP contribution is 2.27. The first-order chi connectivity index (χ1) is 12.8. The van der Waals surface area contributed by atoms with E-state index >= 15 is 0 Å². The van der Waals surface area contributed by atoms with Crippen LogP contribution in [0.15, 0.2) is 24.3 Å². The standard InChI is InChI=1S/C19H23F2N5O/c1-10-6-7-11(8-13(10)20)24-18-12(17(23)27)9-14(21)19(26-18)25-16-5-3-2-4-15(16)22/h6-9,15-16H,2-5,22H2,1H3,(H2,23,27)(H2,24,25,26). The number of nitrogens with one attached hydrogen (secondary N) is 2. The molecule has 0 radical (unpaired) electrons. The van der Waals surface area contributed by atoms with Crippen molar-refractivity contribution in [3.8, 4) is 0 Å². The fourth-order valence-corrected chi connectivity index (χ4v) is 3.19. The highest BCUT2D eigenvalue weighted by molar-refractivity contribution is 5.98. The number of anilines is 3. The van der Waals surface area contributed by atoms with Crippen LogP contribution >= 0.6 is 0 Å². The van der Waals surface area contributed by atoms with Crippen molar-refractivity contribution in [2.75, 3.05) is 10.6 Å². The number of nitrogens with zero attached hydrogens (tertiary/aromatic N) is 1. The number of nitrogens with two attached hydrogens (primary N) is 2. The predicted octanol–water partition coefficient (Wildman–Crippen LogP) is 3.19. The lowest BCUT2D eigenvalue weighted by atomic mass is 9.91. The van der Waals surface area contributed by atoms with E-state index in [9.17, 15) is 13.6 Å². The van der Waals surface area contributed by atoms with Gasteiger partial charge in [-0.15, -0.1) is 0 Å². The molecule has 1 saturated carbocycles. The van der Waals surface area contributed by atoms with Gasteiger partial charge in [0.25, 0.3) is 5.91 Å². The number of rotatable bonds is 5. The zero-order valence-corrected chi connectivity index (χ0v) is 15.1. The Morgan fingerprint density at radius 3 is 2.56 bits per heavy atom. The van der Waals surface area contributed by atoms with Gasteiger partial charge in [0.2, 0.25) is 0 Å². The zero-order chi connectivity index (χ0) is 19.6. The van der Waals surface area contributed by atoms with E-state index in [1.54, 1.807) is 19.1 Å². The third-order valence-electron chi connectivity index (χ3n) is 4.82. The smallest absolute Gasteiger partial charge is 0.252 e. The average molecular weight is 375 g/mol. The molecule has 0 aliphatic heterocycles. The summed E-state index contributed by atoms with van der Waals surface area (Å²) in [6.45, 7) is 1.64. The number of aromatic nitrogens is 1. The Balaban J connectivity index is 1.92. The summed E-state index contributed by atoms with van der Waals surface area (Å²) >= 11 is 0. The molecule has 144 valence electrons. The van der Waals surface area contributed by atoms with Crippen LogP contribution in [-0.2, 0) is 0 Å². The summed E-state index contributed by atoms with van der Waals surface area (Å²) in [4.78, 5) is 15.9. The largest absolute Gasteiger partial charge is 0.365 e. The van der Waals surface area contributed by atoms with Gasteiger partial charge in [0, 0.05) is 17.8 Å². The number of carbonyl (C=O) groups is 1. The predicted molar refractivity (Wildman–Crippen MR) is 101 cm³/mol. The molecule has 2 unspecified atom stereocenters. The first-order valence-electron chi connectivity index (χ1n) is 8.91. The number of halogens is 2. The van der Waals surface area contributed by atoms with Gasteiger partial charge in [0.05, 0.1) is 5.56 Å². The molecule has 0 saturated heterocycles. The second kappa shape index (κ2) is 7.87. The second-order valence-corrected chi connectivity index (χ2v) is 6.87. The second-order valence-electron chi connectivity index (χ2n) is 6.87. The van der Waals surface area contributed by atoms with Gasteiger partial charge in [-0.05, 0) is 43.5 Å². The zero-order valence-electron chi connectivity index (χ0n) is 15.1. The molecule has 8 heteroatoms. The molecule has 0 spiro atoms. The SMILES string of the molecule is Cc1ccc(Nc2nc(NC3CCCCC3N)c(F)cc2C(N)=O)cc1F. The van der Waals surface area contributed by atoms with Crippen molar-refractivity contribution in [1.82, 2.24) is 4.98 Å². The number of amides is 1. The van der Waals surface area contributed by atoms with Crippen molar-refractivity contribution in [3.05, 3.63) is 47.0 Å². The number of benzene rings is 1. The average Bonchev–Trinajstić information content (AvgIpc) is 2.62. The highest BCUT2D eigenvalue weighted by Gasteiger charge is 2.24. The Morgan fingerprint density at radius 1 is 1.15 bits per heavy atom. The van der Waals surface area contributed by atoms with Gasteiger partial charge in [-0.3, -0.25) is 4.79 Å². The van der Waals surface area contributed by atoms with E-state index in [4.69, 9.17) is 11.5 Å². The molecule has 1 fully saturated rings. The van der Waals surface area contributed by atoms with Gasteiger partial charge in [-0.2, -0.15) is 0 Å². The summed E-state index contributed by atoms with van der Waals surface area (Å²) in [7, 11) is 0. The summed E-state index contributed by atoms with van der Waals surface area (Å²) in [5.74, 6) is -1.90. The van der Waals surface area contributed by atoms with E-state index in [1.807, 2.05) is 0 Å². The van der Waals surface area contributed by atoms with Gasteiger partial charge in [0.1, 0.15) is 11.6 Å². The molecular weight excluding hydrogens is 352 g/mol. The number of aryl methyl sites for hydroxylation is 1. The van der Waals surface area contributed by atoms with Crippen LogP contribution in [0.5, 0.6) is 0 Å². The molecule has 6 N–H and O–H groups in total. The monoisotopic (exact) mass is 375 g/mol. The number of carbonyl (C=O) groups excluding carboxylic acids is 1. The number of primary amides is 1. The van der Waals surface area contributed by atoms with E-state index in [-0.39, 0.29) is 29.3 Å². The minimum absolute atomic E-state index is 0.0163. The lowest BCUT2D eigenvalue weighted by Crippen LogP contribution is -2.43. The van der Waals surface area contributed by atoms with Gasteiger partial charge in [-0.1, -0.05) is 18.9 Å². The highest BCUT2D eigenvalue weighted by atomic mass is 19.1. The maximum absolute atomic E-state index is 14.5. The molecule has 1 aromatic carbocycles. The summed E-state index contributed by atoms with van der Waals surface area (Å²) in [6, 6.07) is 5.32. The van der Waals surface area contributed by atoms with Crippen LogP contribution in [0.2, 0.25) is 0 Å². The third-order valence-corrected chi connectivity index (χ3v) is 4.82. The Bertz CT molecular complexity index is 858. The molecule has 6 nitrogen and oxygen atoms in total. The van der Waals surface area contributed by atoms with E-state index in [0.717, 1.165) is 31.7 Å². The molecule has 2 atom stereocenters. The van der Waals surface area contributed by atoms with Gasteiger partial charge >= 0.3 is 0 Å². The minimum atomic E-state index is -0.836. The molecule has 27 heavy (non-hydrogen) atoms. The Labute approximate surface area is 156 Å². The normalized spacial score (nSPS) is 19.6. The van der Waals surface area contributed by atoms with Crippen molar-refractivity contribution < 1.29 is 13.6 Å². The summed E-state index contributed by atoms with van der Waals surface area (Å²) in [6.07, 6.45) is 3.71. The Kier molecular flexibility index (Phi) is 5.55. The topological polar surface area (TPSA) is 106 Å². The fourth-order valence-electron chi connectivity index (χ4n) is 3.19. The summed E-state index contributed by atoms with van der Waals surface area (Å²) in [5.41, 5.74) is 12.2. The molecule has 1 aromatic heterocycles. The Morgan fingerprint density at radius 2 is 1.89 bits per heavy atom. The maximum Gasteiger partial charge on any atom is 0.252 e. The molecule has 0 bridgehead atoms. The summed E-state index contributed by atoms with van der Waals surface area (Å²) in [5, 5.41) is 5.88. The summed E-state index contributed by atoms with van der Waals surface area (Å²) < 4.78 is 28.3. The quantitative estimate of drug-likeness (QED) is 0.642. The first kappa shape index (κ1) is 19.0. The van der Waals surface area contributed by atoms with Gasteiger partial charge in [-0.25, -0.2) is 13.8 Å². The molecule has 1 aliphatic rings. The van der Waals surface area contributed by atoms with Crippen molar-refractivity contribution in [3.63, 3.8) is 0 Å². The Hall–Kier alpha value is -2.74. The van der Waals surface area contributed by atoms with Crippen molar-refractivity contribution in [2.45, 2.75) is 44.7 Å².